The lowest BCUT2D eigenvalue weighted by Gasteiger charge is -2.32. The number of Topliss-reactive ketones (excluding diaryl/α,β-unsaturated/α-hetero) is 1. The van der Waals surface area contributed by atoms with Crippen molar-refractivity contribution >= 4 is 5.78 Å². The first-order valence-electron chi connectivity index (χ1n) is 13.0. The molecule has 192 valence electrons. The molecule has 1 aliphatic heterocycles. The van der Waals surface area contributed by atoms with E-state index >= 15 is 0 Å². The average molecular weight is 499 g/mol. The van der Waals surface area contributed by atoms with Crippen LogP contribution in [0.5, 0.6) is 5.75 Å². The number of halogens is 1. The highest BCUT2D eigenvalue weighted by atomic mass is 19.1. The molecule has 0 N–H and O–H groups in total. The van der Waals surface area contributed by atoms with Crippen molar-refractivity contribution in [3.63, 3.8) is 0 Å². The van der Waals surface area contributed by atoms with Gasteiger partial charge in [-0.3, -0.25) is 9.69 Å². The molecular weight excluding hydrogens is 463 g/mol. The number of hydrogen-bond donors (Lipinski definition) is 0. The van der Waals surface area contributed by atoms with Crippen LogP contribution in [0, 0.1) is 17.7 Å². The Kier molecular flexibility index (Phi) is 9.48. The number of hydrogen-bond acceptors (Lipinski definition) is 4. The molecule has 4 rings (SSSR count). The summed E-state index contributed by atoms with van der Waals surface area (Å²) in [7, 11) is 4.04. The van der Waals surface area contributed by atoms with E-state index in [0.29, 0.717) is 6.42 Å². The monoisotopic (exact) mass is 498 g/mol. The van der Waals surface area contributed by atoms with E-state index < -0.39 is 0 Å². The molecule has 0 amide bonds. The zero-order chi connectivity index (χ0) is 26.0. The van der Waals surface area contributed by atoms with Crippen molar-refractivity contribution in [1.29, 1.82) is 0 Å². The molecule has 0 saturated carbocycles. The molecule has 4 nitrogen and oxygen atoms in total. The molecule has 5 heteroatoms. The Hall–Kier alpha value is -3.46. The number of benzene rings is 3. The first-order chi connectivity index (χ1) is 17.9. The van der Waals surface area contributed by atoms with Crippen LogP contribution in [0.25, 0.3) is 0 Å². The van der Waals surface area contributed by atoms with Crippen molar-refractivity contribution < 1.29 is 13.9 Å². The zero-order valence-corrected chi connectivity index (χ0v) is 21.8. The van der Waals surface area contributed by atoms with Gasteiger partial charge >= 0.3 is 0 Å². The second-order valence-electron chi connectivity index (χ2n) is 9.91. The lowest BCUT2D eigenvalue weighted by molar-refractivity contribution is 0.0949. The van der Waals surface area contributed by atoms with Crippen LogP contribution in [0.4, 0.5) is 4.39 Å². The topological polar surface area (TPSA) is 32.8 Å². The second-order valence-corrected chi connectivity index (χ2v) is 9.91. The summed E-state index contributed by atoms with van der Waals surface area (Å²) in [6.45, 7) is 3.70. The Labute approximate surface area is 220 Å². The summed E-state index contributed by atoms with van der Waals surface area (Å²) in [5.74, 6) is 6.99. The Bertz CT molecular complexity index is 1240. The molecule has 3 aromatic rings. The fourth-order valence-electron chi connectivity index (χ4n) is 4.50. The molecule has 1 heterocycles. The van der Waals surface area contributed by atoms with Gasteiger partial charge in [-0.25, -0.2) is 4.39 Å². The number of nitrogens with zero attached hydrogens (tertiary/aromatic N) is 2. The summed E-state index contributed by atoms with van der Waals surface area (Å²) in [5, 5.41) is 0. The largest absolute Gasteiger partial charge is 0.490 e. The highest BCUT2D eigenvalue weighted by Crippen LogP contribution is 2.22. The SMILES string of the molecule is CN(C)CCCC(=O)c1cccc(OC2CCN(Cc3cccc(C#Cc4ccc(F)cc4)c3)CC2)c1. The number of carbonyl (C=O) groups is 1. The molecule has 1 aliphatic rings. The van der Waals surface area contributed by atoms with E-state index in [1.54, 1.807) is 12.1 Å². The molecule has 3 aromatic carbocycles. The van der Waals surface area contributed by atoms with Crippen LogP contribution < -0.4 is 4.74 Å². The predicted octanol–water partition coefficient (Wildman–Crippen LogP) is 5.79. The maximum atomic E-state index is 13.1. The molecule has 1 fully saturated rings. The maximum Gasteiger partial charge on any atom is 0.163 e. The molecule has 1 saturated heterocycles. The first-order valence-corrected chi connectivity index (χ1v) is 13.0. The summed E-state index contributed by atoms with van der Waals surface area (Å²) >= 11 is 0. The van der Waals surface area contributed by atoms with E-state index in [2.05, 4.69) is 33.8 Å². The van der Waals surface area contributed by atoms with Crippen molar-refractivity contribution in [3.8, 4) is 17.6 Å². The third-order valence-electron chi connectivity index (χ3n) is 6.53. The van der Waals surface area contributed by atoms with Gasteiger partial charge in [0.05, 0.1) is 0 Å². The Morgan fingerprint density at radius 2 is 1.70 bits per heavy atom. The molecule has 0 unspecified atom stereocenters. The standard InChI is InChI=1S/C32H35FN2O2/c1-34(2)19-5-10-32(36)28-8-4-9-31(23-28)37-30-17-20-35(21-18-30)24-27-7-3-6-26(22-27)12-11-25-13-15-29(33)16-14-25/h3-4,6-9,13-16,22-23,30H,5,10,17-21,24H2,1-2H3. The fraction of sp³-hybridized carbons (Fsp3) is 0.344. The fourth-order valence-corrected chi connectivity index (χ4v) is 4.50. The third kappa shape index (κ3) is 8.56. The molecule has 0 bridgehead atoms. The number of rotatable bonds is 9. The summed E-state index contributed by atoms with van der Waals surface area (Å²) in [4.78, 5) is 17.1. The van der Waals surface area contributed by atoms with E-state index in [1.807, 2.05) is 50.5 Å². The van der Waals surface area contributed by atoms with Crippen LogP contribution >= 0.6 is 0 Å². The quantitative estimate of drug-likeness (QED) is 0.276. The number of ether oxygens (including phenoxy) is 1. The van der Waals surface area contributed by atoms with Crippen molar-refractivity contribution in [2.24, 2.45) is 0 Å². The van der Waals surface area contributed by atoms with Gasteiger partial charge in [-0.05, 0) is 94.0 Å². The minimum Gasteiger partial charge on any atom is -0.490 e. The van der Waals surface area contributed by atoms with Crippen LogP contribution in [0.2, 0.25) is 0 Å². The van der Waals surface area contributed by atoms with Crippen molar-refractivity contribution in [2.75, 3.05) is 33.7 Å². The van der Waals surface area contributed by atoms with Gasteiger partial charge in [0.2, 0.25) is 0 Å². The Morgan fingerprint density at radius 3 is 2.46 bits per heavy atom. The van der Waals surface area contributed by atoms with Gasteiger partial charge in [0.25, 0.3) is 0 Å². The molecule has 37 heavy (non-hydrogen) atoms. The maximum absolute atomic E-state index is 13.1. The molecule has 0 spiro atoms. The highest BCUT2D eigenvalue weighted by molar-refractivity contribution is 5.96. The van der Waals surface area contributed by atoms with E-state index in [-0.39, 0.29) is 17.7 Å². The van der Waals surface area contributed by atoms with Gasteiger partial charge in [-0.1, -0.05) is 36.1 Å². The first kappa shape index (κ1) is 26.6. The van der Waals surface area contributed by atoms with Crippen molar-refractivity contribution in [3.05, 3.63) is 101 Å². The molecule has 0 aliphatic carbocycles. The molecule has 0 radical (unpaired) electrons. The second kappa shape index (κ2) is 13.2. The number of likely N-dealkylation sites (tertiary alicyclic amines) is 1. The Balaban J connectivity index is 1.26. The molecular formula is C32H35FN2O2. The lowest BCUT2D eigenvalue weighted by Crippen LogP contribution is -2.37. The summed E-state index contributed by atoms with van der Waals surface area (Å²) in [6.07, 6.45) is 3.47. The van der Waals surface area contributed by atoms with E-state index in [1.165, 1.54) is 17.7 Å². The summed E-state index contributed by atoms with van der Waals surface area (Å²) in [6, 6.07) is 22.2. The minimum absolute atomic E-state index is 0.156. The smallest absolute Gasteiger partial charge is 0.163 e. The van der Waals surface area contributed by atoms with Gasteiger partial charge in [-0.15, -0.1) is 0 Å². The normalized spacial score (nSPS) is 14.3. The van der Waals surface area contributed by atoms with Crippen LogP contribution in [0.15, 0.2) is 72.8 Å². The molecule has 0 atom stereocenters. The van der Waals surface area contributed by atoms with Crippen LogP contribution in [-0.4, -0.2) is 55.4 Å². The average Bonchev–Trinajstić information content (AvgIpc) is 2.90. The minimum atomic E-state index is -0.253. The lowest BCUT2D eigenvalue weighted by atomic mass is 10.0. The predicted molar refractivity (Wildman–Crippen MR) is 146 cm³/mol. The molecule has 0 aromatic heterocycles. The van der Waals surface area contributed by atoms with Gasteiger partial charge in [0.15, 0.2) is 5.78 Å². The van der Waals surface area contributed by atoms with Crippen molar-refractivity contribution in [1.82, 2.24) is 9.80 Å². The number of ketones is 1. The zero-order valence-electron chi connectivity index (χ0n) is 21.8. The summed E-state index contributed by atoms with van der Waals surface area (Å²) in [5.41, 5.74) is 3.71. The van der Waals surface area contributed by atoms with Gasteiger partial charge < -0.3 is 9.64 Å². The third-order valence-corrected chi connectivity index (χ3v) is 6.53. The van der Waals surface area contributed by atoms with Crippen LogP contribution in [0.1, 0.15) is 52.7 Å². The highest BCUT2D eigenvalue weighted by Gasteiger charge is 2.21. The van der Waals surface area contributed by atoms with Crippen LogP contribution in [-0.2, 0) is 6.54 Å². The van der Waals surface area contributed by atoms with Crippen LogP contribution in [0.3, 0.4) is 0 Å². The van der Waals surface area contributed by atoms with Gasteiger partial charge in [0, 0.05) is 42.7 Å². The summed E-state index contributed by atoms with van der Waals surface area (Å²) < 4.78 is 19.3. The number of carbonyl (C=O) groups excluding carboxylic acids is 1. The number of piperidine rings is 1. The van der Waals surface area contributed by atoms with Gasteiger partial charge in [0.1, 0.15) is 17.7 Å². The van der Waals surface area contributed by atoms with E-state index in [4.69, 9.17) is 4.74 Å². The van der Waals surface area contributed by atoms with E-state index in [9.17, 15) is 9.18 Å². The van der Waals surface area contributed by atoms with Gasteiger partial charge in [-0.2, -0.15) is 0 Å². The van der Waals surface area contributed by atoms with E-state index in [0.717, 1.165) is 67.9 Å². The Morgan fingerprint density at radius 1 is 0.973 bits per heavy atom. The van der Waals surface area contributed by atoms with Crippen molar-refractivity contribution in [2.45, 2.75) is 38.3 Å².